The first-order valence-corrected chi connectivity index (χ1v) is 5.48. The number of esters is 1. The van der Waals surface area contributed by atoms with Crippen molar-refractivity contribution >= 4 is 5.97 Å². The number of carbonyl (C=O) groups excluding carboxylic acids is 1. The molecule has 3 nitrogen and oxygen atoms in total. The fraction of sp³-hybridized carbons (Fsp3) is 0.462. The maximum atomic E-state index is 11.2. The number of hydrogen-bond acceptors (Lipinski definition) is 3. The maximum Gasteiger partial charge on any atom is 0.310 e. The molecule has 0 aromatic heterocycles. The molecule has 0 aliphatic carbocycles. The third-order valence-corrected chi connectivity index (χ3v) is 2.44. The Morgan fingerprint density at radius 2 is 2.06 bits per heavy atom. The van der Waals surface area contributed by atoms with Crippen LogP contribution in [-0.2, 0) is 16.0 Å². The minimum absolute atomic E-state index is 0.152. The molecule has 1 unspecified atom stereocenters. The van der Waals surface area contributed by atoms with Crippen LogP contribution in [0.1, 0.15) is 25.8 Å². The van der Waals surface area contributed by atoms with E-state index in [0.29, 0.717) is 0 Å². The molecule has 88 valence electrons. The summed E-state index contributed by atoms with van der Waals surface area (Å²) < 4.78 is 10.4. The van der Waals surface area contributed by atoms with Crippen LogP contribution in [-0.4, -0.2) is 19.2 Å². The molecule has 1 aromatic rings. The number of ether oxygens (including phenoxy) is 2. The highest BCUT2D eigenvalue weighted by molar-refractivity contribution is 5.73. The van der Waals surface area contributed by atoms with Crippen LogP contribution in [0.15, 0.2) is 24.3 Å². The van der Waals surface area contributed by atoms with Gasteiger partial charge in [-0.2, -0.15) is 0 Å². The standard InChI is InChI=1S/C13H18O3/c1-4-10(2)16-12-8-6-5-7-11(12)9-13(14)15-3/h5-8,10H,4,9H2,1-3H3. The average Bonchev–Trinajstić information content (AvgIpc) is 2.31. The third kappa shape index (κ3) is 3.57. The molecule has 3 heteroatoms. The van der Waals surface area contributed by atoms with Gasteiger partial charge in [0.1, 0.15) is 5.75 Å². The fourth-order valence-corrected chi connectivity index (χ4v) is 1.29. The summed E-state index contributed by atoms with van der Waals surface area (Å²) in [6, 6.07) is 7.55. The highest BCUT2D eigenvalue weighted by atomic mass is 16.5. The van der Waals surface area contributed by atoms with E-state index in [4.69, 9.17) is 4.74 Å². The minimum atomic E-state index is -0.250. The van der Waals surface area contributed by atoms with E-state index in [2.05, 4.69) is 11.7 Å². The first-order valence-electron chi connectivity index (χ1n) is 5.48. The van der Waals surface area contributed by atoms with Gasteiger partial charge in [-0.25, -0.2) is 0 Å². The second kappa shape index (κ2) is 6.16. The second-order valence-electron chi connectivity index (χ2n) is 3.70. The summed E-state index contributed by atoms with van der Waals surface area (Å²) in [6.07, 6.45) is 1.34. The molecule has 1 atom stereocenters. The Morgan fingerprint density at radius 1 is 1.38 bits per heavy atom. The normalized spacial score (nSPS) is 11.9. The van der Waals surface area contributed by atoms with Crippen molar-refractivity contribution in [3.05, 3.63) is 29.8 Å². The Balaban J connectivity index is 2.79. The Labute approximate surface area is 96.4 Å². The molecule has 0 heterocycles. The predicted molar refractivity (Wildman–Crippen MR) is 62.5 cm³/mol. The van der Waals surface area contributed by atoms with Gasteiger partial charge in [-0.3, -0.25) is 4.79 Å². The number of carbonyl (C=O) groups is 1. The van der Waals surface area contributed by atoms with E-state index in [1.165, 1.54) is 7.11 Å². The summed E-state index contributed by atoms with van der Waals surface area (Å²) in [7, 11) is 1.39. The molecule has 0 bridgehead atoms. The van der Waals surface area contributed by atoms with Crippen LogP contribution >= 0.6 is 0 Å². The van der Waals surface area contributed by atoms with Crippen LogP contribution in [0.3, 0.4) is 0 Å². The van der Waals surface area contributed by atoms with Crippen LogP contribution in [0, 0.1) is 0 Å². The van der Waals surface area contributed by atoms with Gasteiger partial charge < -0.3 is 9.47 Å². The SMILES string of the molecule is CCC(C)Oc1ccccc1CC(=O)OC. The van der Waals surface area contributed by atoms with Gasteiger partial charge in [0.15, 0.2) is 0 Å². The number of rotatable bonds is 5. The zero-order valence-corrected chi connectivity index (χ0v) is 10.0. The zero-order valence-electron chi connectivity index (χ0n) is 10.0. The summed E-state index contributed by atoms with van der Waals surface area (Å²) in [6.45, 7) is 4.07. The lowest BCUT2D eigenvalue weighted by atomic mass is 10.1. The molecule has 1 rings (SSSR count). The fourth-order valence-electron chi connectivity index (χ4n) is 1.29. The van der Waals surface area contributed by atoms with Gasteiger partial charge >= 0.3 is 5.97 Å². The number of hydrogen-bond donors (Lipinski definition) is 0. The van der Waals surface area contributed by atoms with Crippen LogP contribution in [0.25, 0.3) is 0 Å². The average molecular weight is 222 g/mol. The molecule has 1 aromatic carbocycles. The van der Waals surface area contributed by atoms with Gasteiger partial charge in [0, 0.05) is 5.56 Å². The first kappa shape index (κ1) is 12.6. The Hall–Kier alpha value is -1.51. The van der Waals surface area contributed by atoms with Crippen LogP contribution in [0.5, 0.6) is 5.75 Å². The van der Waals surface area contributed by atoms with E-state index in [-0.39, 0.29) is 18.5 Å². The van der Waals surface area contributed by atoms with E-state index in [9.17, 15) is 4.79 Å². The molecule has 16 heavy (non-hydrogen) atoms. The molecule has 0 N–H and O–H groups in total. The summed E-state index contributed by atoms with van der Waals surface area (Å²) >= 11 is 0. The molecule has 0 aliphatic rings. The molecular formula is C13H18O3. The van der Waals surface area contributed by atoms with Gasteiger partial charge in [-0.05, 0) is 19.4 Å². The molecule has 0 radical (unpaired) electrons. The molecule has 0 amide bonds. The molecule has 0 saturated carbocycles. The second-order valence-corrected chi connectivity index (χ2v) is 3.70. The van der Waals surface area contributed by atoms with Crippen molar-refractivity contribution in [2.24, 2.45) is 0 Å². The smallest absolute Gasteiger partial charge is 0.310 e. The van der Waals surface area contributed by atoms with Crippen molar-refractivity contribution in [3.8, 4) is 5.75 Å². The lowest BCUT2D eigenvalue weighted by Crippen LogP contribution is -2.12. The van der Waals surface area contributed by atoms with E-state index in [1.807, 2.05) is 31.2 Å². The topological polar surface area (TPSA) is 35.5 Å². The molecular weight excluding hydrogens is 204 g/mol. The molecule has 0 saturated heterocycles. The summed E-state index contributed by atoms with van der Waals surface area (Å²) in [5.41, 5.74) is 0.870. The lowest BCUT2D eigenvalue weighted by Gasteiger charge is -2.15. The van der Waals surface area contributed by atoms with Crippen molar-refractivity contribution in [1.29, 1.82) is 0 Å². The Bertz CT molecular complexity index is 347. The predicted octanol–water partition coefficient (Wildman–Crippen LogP) is 2.58. The number of para-hydroxylation sites is 1. The third-order valence-electron chi connectivity index (χ3n) is 2.44. The van der Waals surface area contributed by atoms with Crippen LogP contribution in [0.2, 0.25) is 0 Å². The Kier molecular flexibility index (Phi) is 4.83. The van der Waals surface area contributed by atoms with Crippen LogP contribution < -0.4 is 4.74 Å². The van der Waals surface area contributed by atoms with Crippen molar-refractivity contribution in [1.82, 2.24) is 0 Å². The van der Waals surface area contributed by atoms with Gasteiger partial charge in [-0.15, -0.1) is 0 Å². The highest BCUT2D eigenvalue weighted by Crippen LogP contribution is 2.20. The van der Waals surface area contributed by atoms with E-state index < -0.39 is 0 Å². The molecule has 0 aliphatic heterocycles. The van der Waals surface area contributed by atoms with Crippen molar-refractivity contribution in [3.63, 3.8) is 0 Å². The summed E-state index contributed by atoms with van der Waals surface area (Å²) in [5, 5.41) is 0. The highest BCUT2D eigenvalue weighted by Gasteiger charge is 2.10. The minimum Gasteiger partial charge on any atom is -0.490 e. The summed E-state index contributed by atoms with van der Waals surface area (Å²) in [5.74, 6) is 0.516. The van der Waals surface area contributed by atoms with Crippen LogP contribution in [0.4, 0.5) is 0 Å². The lowest BCUT2D eigenvalue weighted by molar-refractivity contribution is -0.139. The number of methoxy groups -OCH3 is 1. The largest absolute Gasteiger partial charge is 0.490 e. The first-order chi connectivity index (χ1) is 7.67. The Morgan fingerprint density at radius 3 is 2.69 bits per heavy atom. The van der Waals surface area contributed by atoms with Crippen molar-refractivity contribution in [2.45, 2.75) is 32.8 Å². The van der Waals surface area contributed by atoms with E-state index in [0.717, 1.165) is 17.7 Å². The van der Waals surface area contributed by atoms with Crippen molar-refractivity contribution in [2.75, 3.05) is 7.11 Å². The van der Waals surface area contributed by atoms with E-state index >= 15 is 0 Å². The number of benzene rings is 1. The summed E-state index contributed by atoms with van der Waals surface area (Å²) in [4.78, 5) is 11.2. The van der Waals surface area contributed by atoms with Gasteiger partial charge in [0.05, 0.1) is 19.6 Å². The molecule has 0 fully saturated rings. The zero-order chi connectivity index (χ0) is 12.0. The quantitative estimate of drug-likeness (QED) is 0.718. The van der Waals surface area contributed by atoms with E-state index in [1.54, 1.807) is 0 Å². The van der Waals surface area contributed by atoms with Gasteiger partial charge in [0.25, 0.3) is 0 Å². The maximum absolute atomic E-state index is 11.2. The van der Waals surface area contributed by atoms with Gasteiger partial charge in [-0.1, -0.05) is 25.1 Å². The van der Waals surface area contributed by atoms with Crippen molar-refractivity contribution < 1.29 is 14.3 Å². The monoisotopic (exact) mass is 222 g/mol. The van der Waals surface area contributed by atoms with Gasteiger partial charge in [0.2, 0.25) is 0 Å². The molecule has 0 spiro atoms.